The number of hydrogen-bond acceptors (Lipinski definition) is 8. The van der Waals surface area contributed by atoms with E-state index in [9.17, 15) is 19.2 Å². The predicted octanol–water partition coefficient (Wildman–Crippen LogP) is 2.84. The van der Waals surface area contributed by atoms with E-state index in [4.69, 9.17) is 9.47 Å². The fourth-order valence-electron chi connectivity index (χ4n) is 2.18. The Labute approximate surface area is 194 Å². The lowest BCUT2D eigenvalue weighted by Gasteiger charge is -2.33. The zero-order chi connectivity index (χ0) is 24.3. The quantitative estimate of drug-likeness (QED) is 0.218. The number of hydrogen-bond donors (Lipinski definition) is 1. The summed E-state index contributed by atoms with van der Waals surface area (Å²) in [6, 6.07) is 0. The highest BCUT2D eigenvalue weighted by atomic mass is 33.1. The first-order chi connectivity index (χ1) is 14.1. The molecule has 0 aliphatic carbocycles. The van der Waals surface area contributed by atoms with Crippen LogP contribution in [0, 0.1) is 0 Å². The first-order valence-electron chi connectivity index (χ1n) is 10.2. The molecule has 10 heteroatoms. The lowest BCUT2D eigenvalue weighted by molar-refractivity contribution is -0.141. The van der Waals surface area contributed by atoms with Crippen molar-refractivity contribution in [1.29, 1.82) is 0 Å². The average Bonchev–Trinajstić information content (AvgIpc) is 2.62. The van der Waals surface area contributed by atoms with Gasteiger partial charge in [0.2, 0.25) is 11.8 Å². The Balaban J connectivity index is 4.44. The molecule has 2 amide bonds. The lowest BCUT2D eigenvalue weighted by Crippen LogP contribution is -2.51. The Morgan fingerprint density at radius 3 is 2.23 bits per heavy atom. The molecule has 0 rings (SSSR count). The third kappa shape index (κ3) is 15.2. The van der Waals surface area contributed by atoms with E-state index < -0.39 is 11.1 Å². The number of rotatable bonds is 15. The van der Waals surface area contributed by atoms with Crippen molar-refractivity contribution >= 4 is 45.7 Å². The second-order valence-electron chi connectivity index (χ2n) is 9.32. The Morgan fingerprint density at radius 2 is 1.68 bits per heavy atom. The van der Waals surface area contributed by atoms with Crippen molar-refractivity contribution in [1.82, 2.24) is 10.2 Å². The number of esters is 1. The Hall–Kier alpha value is -1.26. The van der Waals surface area contributed by atoms with Gasteiger partial charge in [0.1, 0.15) is 12.9 Å². The highest BCUT2D eigenvalue weighted by Crippen LogP contribution is 2.38. The number of carbonyl (C=O) groups excluding carboxylic acids is 4. The summed E-state index contributed by atoms with van der Waals surface area (Å²) in [7, 11) is 4.82. The van der Waals surface area contributed by atoms with Gasteiger partial charge in [-0.05, 0) is 41.5 Å². The van der Waals surface area contributed by atoms with Gasteiger partial charge in [-0.3, -0.25) is 14.4 Å². The van der Waals surface area contributed by atoms with Crippen LogP contribution in [-0.2, 0) is 28.7 Å². The number of aldehydes is 1. The maximum absolute atomic E-state index is 12.3. The highest BCUT2D eigenvalue weighted by molar-refractivity contribution is 8.77. The summed E-state index contributed by atoms with van der Waals surface area (Å²) in [4.78, 5) is 46.8. The predicted molar refractivity (Wildman–Crippen MR) is 126 cm³/mol. The molecule has 180 valence electrons. The van der Waals surface area contributed by atoms with Crippen LogP contribution in [0.25, 0.3) is 0 Å². The van der Waals surface area contributed by atoms with Crippen molar-refractivity contribution in [2.45, 2.75) is 77.2 Å². The molecule has 0 atom stereocenters. The third-order valence-corrected chi connectivity index (χ3v) is 7.46. The van der Waals surface area contributed by atoms with Crippen LogP contribution in [0.5, 0.6) is 0 Å². The van der Waals surface area contributed by atoms with Crippen molar-refractivity contribution in [3.8, 4) is 0 Å². The number of nitrogens with zero attached hydrogens (tertiary/aromatic N) is 1. The number of likely N-dealkylation sites (N-methyl/N-ethyl adjacent to an activating group) is 1. The fraction of sp³-hybridized carbons (Fsp3) is 0.810. The number of nitrogens with one attached hydrogen (secondary N) is 1. The van der Waals surface area contributed by atoms with E-state index in [0.29, 0.717) is 25.3 Å². The summed E-state index contributed by atoms with van der Waals surface area (Å²) >= 11 is 0. The van der Waals surface area contributed by atoms with Crippen LogP contribution in [0.1, 0.15) is 61.3 Å². The molecule has 0 aliphatic heterocycles. The van der Waals surface area contributed by atoms with Gasteiger partial charge in [-0.15, -0.1) is 0 Å². The molecule has 0 unspecified atom stereocenters. The molecule has 0 aromatic carbocycles. The fourth-order valence-corrected chi connectivity index (χ4v) is 5.16. The maximum Gasteiger partial charge on any atom is 0.302 e. The van der Waals surface area contributed by atoms with Crippen LogP contribution in [0.4, 0.5) is 0 Å². The maximum atomic E-state index is 12.3. The van der Waals surface area contributed by atoms with Crippen molar-refractivity contribution in [2.24, 2.45) is 0 Å². The van der Waals surface area contributed by atoms with Crippen LogP contribution in [0.3, 0.4) is 0 Å². The van der Waals surface area contributed by atoms with Gasteiger partial charge in [-0.25, -0.2) is 0 Å². The number of amides is 2. The van der Waals surface area contributed by atoms with Gasteiger partial charge in [0.05, 0.1) is 29.0 Å². The SMILES string of the molecule is CC(=O)OCC(C)(C)SSCC(C)(C)OCC(C)(C)NC(=O)CN(C)C(=O)CCC=O. The molecule has 0 bridgehead atoms. The van der Waals surface area contributed by atoms with Crippen LogP contribution in [0.15, 0.2) is 0 Å². The second-order valence-corrected chi connectivity index (χ2v) is 12.3. The molecule has 8 nitrogen and oxygen atoms in total. The summed E-state index contributed by atoms with van der Waals surface area (Å²) in [5.41, 5.74) is -1.05. The average molecular weight is 479 g/mol. The topological polar surface area (TPSA) is 102 Å². The van der Waals surface area contributed by atoms with Gasteiger partial charge in [0.15, 0.2) is 0 Å². The molecule has 0 saturated carbocycles. The van der Waals surface area contributed by atoms with Gasteiger partial charge < -0.3 is 24.5 Å². The normalized spacial score (nSPS) is 12.3. The molecule has 0 spiro atoms. The van der Waals surface area contributed by atoms with Crippen molar-refractivity contribution < 1.29 is 28.7 Å². The minimum Gasteiger partial charge on any atom is -0.464 e. The molecule has 0 aliphatic rings. The smallest absolute Gasteiger partial charge is 0.302 e. The van der Waals surface area contributed by atoms with Gasteiger partial charge in [0, 0.05) is 32.6 Å². The van der Waals surface area contributed by atoms with Gasteiger partial charge in [-0.2, -0.15) is 0 Å². The molecule has 0 heterocycles. The lowest BCUT2D eigenvalue weighted by atomic mass is 10.1. The van der Waals surface area contributed by atoms with Crippen LogP contribution in [-0.4, -0.2) is 77.4 Å². The summed E-state index contributed by atoms with van der Waals surface area (Å²) < 4.78 is 10.9. The molecular formula is C21H38N2O6S2. The number of ether oxygens (including phenoxy) is 2. The van der Waals surface area contributed by atoms with E-state index in [1.54, 1.807) is 21.6 Å². The summed E-state index contributed by atoms with van der Waals surface area (Å²) in [6.07, 6.45) is 0.934. The second kappa shape index (κ2) is 13.3. The monoisotopic (exact) mass is 478 g/mol. The highest BCUT2D eigenvalue weighted by Gasteiger charge is 2.28. The Kier molecular flexibility index (Phi) is 12.8. The van der Waals surface area contributed by atoms with E-state index >= 15 is 0 Å². The zero-order valence-electron chi connectivity index (χ0n) is 20.0. The van der Waals surface area contributed by atoms with Gasteiger partial charge >= 0.3 is 5.97 Å². The minimum atomic E-state index is -0.618. The van der Waals surface area contributed by atoms with Crippen LogP contribution >= 0.6 is 21.6 Å². The summed E-state index contributed by atoms with van der Waals surface area (Å²) in [5, 5.41) is 2.89. The van der Waals surface area contributed by atoms with Gasteiger partial charge in [0.25, 0.3) is 0 Å². The molecule has 0 fully saturated rings. The Morgan fingerprint density at radius 1 is 1.06 bits per heavy atom. The largest absolute Gasteiger partial charge is 0.464 e. The van der Waals surface area contributed by atoms with E-state index in [1.165, 1.54) is 18.9 Å². The molecule has 0 saturated heterocycles. The van der Waals surface area contributed by atoms with E-state index in [2.05, 4.69) is 5.32 Å². The van der Waals surface area contributed by atoms with Crippen LogP contribution < -0.4 is 5.32 Å². The first-order valence-corrected chi connectivity index (χ1v) is 12.5. The molecule has 31 heavy (non-hydrogen) atoms. The molecular weight excluding hydrogens is 440 g/mol. The zero-order valence-corrected chi connectivity index (χ0v) is 21.7. The number of carbonyl (C=O) groups is 4. The van der Waals surface area contributed by atoms with E-state index in [-0.39, 0.29) is 41.9 Å². The van der Waals surface area contributed by atoms with E-state index in [1.807, 2.05) is 41.5 Å². The standard InChI is InChI=1S/C21H38N2O6S2/c1-16(25)28-14-21(6,7)31-30-15-20(4,5)29-13-19(2,3)22-17(26)12-23(8)18(27)10-9-11-24/h11H,9-10,12-15H2,1-8H3,(H,22,26). The summed E-state index contributed by atoms with van der Waals surface area (Å²) in [6.45, 7) is 13.7. The van der Waals surface area contributed by atoms with Crippen molar-refractivity contribution in [2.75, 3.05) is 32.6 Å². The third-order valence-electron chi connectivity index (χ3n) is 3.90. The first kappa shape index (κ1) is 29.7. The Bertz CT molecular complexity index is 623. The molecule has 0 aromatic rings. The van der Waals surface area contributed by atoms with Crippen molar-refractivity contribution in [3.63, 3.8) is 0 Å². The minimum absolute atomic E-state index is 0.0750. The summed E-state index contributed by atoms with van der Waals surface area (Å²) in [5.74, 6) is -0.114. The van der Waals surface area contributed by atoms with Gasteiger partial charge in [-0.1, -0.05) is 21.6 Å². The molecule has 0 radical (unpaired) electrons. The molecule has 1 N–H and O–H groups in total. The van der Waals surface area contributed by atoms with Crippen molar-refractivity contribution in [3.05, 3.63) is 0 Å². The van der Waals surface area contributed by atoms with E-state index in [0.717, 1.165) is 0 Å². The van der Waals surface area contributed by atoms with Crippen LogP contribution in [0.2, 0.25) is 0 Å². The molecule has 0 aromatic heterocycles.